The minimum atomic E-state index is -1.01. The summed E-state index contributed by atoms with van der Waals surface area (Å²) in [5.41, 5.74) is 0.922. The zero-order valence-electron chi connectivity index (χ0n) is 81.6. The van der Waals surface area contributed by atoms with Crippen LogP contribution in [0.5, 0.6) is 5.75 Å². The van der Waals surface area contributed by atoms with Crippen LogP contribution in [0.1, 0.15) is 212 Å². The Labute approximate surface area is 802 Å². The van der Waals surface area contributed by atoms with Crippen molar-refractivity contribution >= 4 is 98.8 Å². The van der Waals surface area contributed by atoms with Crippen LogP contribution in [0.4, 0.5) is 19.2 Å². The van der Waals surface area contributed by atoms with Crippen LogP contribution in [0.15, 0.2) is 29.6 Å². The Kier molecular flexibility index (Phi) is 73.8. The standard InChI is InChI=1S/C57H94N8O14S.C14H28N2O6S2.C11H21NO7.C7H16O4/c1-11-28-65(54(70)50(38(7)13-3)63-52(69)45-19-15-18-29-64(45)9)46(37(5)6)33-47(76-30-12-2)53-62-44(36-80-53)51(68)61-41(31-39(8)55(71)72)32-40-20-22-43(23-21-40)79-57(74)59-26-17-16-25-58-48(67)24-27-60-56(73)77-35-49(75-10)78-42(14-4)34-66;1-4-11(9-17)22-13(20-2)10-21-14(19)16-6-5-12(18)15-7-8-24-23-3;1-3-8(6-13)19-10(17-2)7-18-11(16)12-5-4-9(14)15;1-3-6(4-8)11-7(5-9)10-2/h20-23,36-39,41-42,45-47,49-50,66H,11-19,24-35H2,1-10H3,(H,58,67)(H,59,74)(H,60,73)(H,61,68)(H,63,69)(H,71,72);11,13,17H,4-10H2,1-3H3,(H,15,18)(H,16,19);8,10,13H,3-7H2,1-2H3,(H,12,16)(H,14,15);6-9H,3-5H2,1-2H3/t38-,39-,41?,42?,45+,46+,47+,49?,50-;;;/m0.../s1. The van der Waals surface area contributed by atoms with Gasteiger partial charge in [-0.3, -0.25) is 38.5 Å². The number of alkyl carbamates (subject to hydrolysis) is 3. The predicted octanol–water partition coefficient (Wildman–Crippen LogP) is 7.27. The molecule has 774 valence electrons. The fourth-order valence-electron chi connectivity index (χ4n) is 12.5. The normalized spacial score (nSPS) is 15.6. The number of nitrogens with one attached hydrogen (secondary N) is 8. The van der Waals surface area contributed by atoms with E-state index in [9.17, 15) is 63.0 Å². The molecule has 9 amide bonds. The predicted molar refractivity (Wildman–Crippen MR) is 505 cm³/mol. The highest BCUT2D eigenvalue weighted by Crippen LogP contribution is 2.33. The molecule has 42 nitrogen and oxygen atoms in total. The summed E-state index contributed by atoms with van der Waals surface area (Å²) in [6.07, 6.45) is 3.57. The van der Waals surface area contributed by atoms with Gasteiger partial charge in [-0.15, -0.1) is 11.3 Å². The largest absolute Gasteiger partial charge is 0.481 e. The van der Waals surface area contributed by atoms with Crippen LogP contribution in [0.25, 0.3) is 0 Å². The number of carboxylic acids is 2. The van der Waals surface area contributed by atoms with E-state index in [0.717, 1.165) is 43.5 Å². The molecule has 9 unspecified atom stereocenters. The van der Waals surface area contributed by atoms with Gasteiger partial charge in [0, 0.05) is 123 Å². The first kappa shape index (κ1) is 126. The van der Waals surface area contributed by atoms with E-state index < -0.39 is 97.6 Å². The molecule has 0 saturated carbocycles. The summed E-state index contributed by atoms with van der Waals surface area (Å²) in [7, 11) is 10.9. The second-order valence-electron chi connectivity index (χ2n) is 31.5. The summed E-state index contributed by atoms with van der Waals surface area (Å²) >= 11 is 1.29. The van der Waals surface area contributed by atoms with Crippen LogP contribution in [0.3, 0.4) is 0 Å². The lowest BCUT2D eigenvalue weighted by atomic mass is 9.92. The van der Waals surface area contributed by atoms with Crippen LogP contribution in [0, 0.1) is 17.8 Å². The fraction of sp³-hybridized carbons (Fsp3) is 0.775. The number of methoxy groups -OCH3 is 4. The number of aromatic nitrogens is 1. The van der Waals surface area contributed by atoms with Gasteiger partial charge < -0.3 is 145 Å². The molecular weight excluding hydrogens is 1820 g/mol. The molecule has 15 N–H and O–H groups in total. The molecule has 3 rings (SSSR count). The number of rotatable bonds is 68. The van der Waals surface area contributed by atoms with E-state index in [1.807, 2.05) is 73.6 Å². The van der Waals surface area contributed by atoms with Gasteiger partial charge in [-0.2, -0.15) is 0 Å². The van der Waals surface area contributed by atoms with Crippen LogP contribution < -0.4 is 47.3 Å². The van der Waals surface area contributed by atoms with E-state index in [1.165, 1.54) is 39.8 Å². The van der Waals surface area contributed by atoms with E-state index in [0.29, 0.717) is 89.0 Å². The Bertz CT molecular complexity index is 3470. The van der Waals surface area contributed by atoms with Gasteiger partial charge >= 0.3 is 36.3 Å². The highest BCUT2D eigenvalue weighted by molar-refractivity contribution is 8.76. The third-order valence-electron chi connectivity index (χ3n) is 20.7. The van der Waals surface area contributed by atoms with Crippen molar-refractivity contribution in [3.8, 4) is 5.75 Å². The minimum absolute atomic E-state index is 0.0130. The number of carbonyl (C=O) groups excluding carboxylic acids is 9. The molecule has 2 aromatic rings. The van der Waals surface area contributed by atoms with Crippen molar-refractivity contribution in [1.29, 1.82) is 0 Å². The summed E-state index contributed by atoms with van der Waals surface area (Å²) in [5, 5.41) is 86.8. The number of unbranched alkanes of at least 4 members (excludes halogenated alkanes) is 1. The second-order valence-corrected chi connectivity index (χ2v) is 35.1. The summed E-state index contributed by atoms with van der Waals surface area (Å²) in [6.45, 7) is 23.3. The van der Waals surface area contributed by atoms with E-state index in [-0.39, 0.29) is 188 Å². The van der Waals surface area contributed by atoms with Gasteiger partial charge in [0.25, 0.3) is 5.91 Å². The number of carboxylic acid groups (broad SMARTS) is 2. The number of hydrogen-bond donors (Lipinski definition) is 15. The number of piperidine rings is 1. The quantitative estimate of drug-likeness (QED) is 0.0134. The molecule has 1 aliphatic rings. The lowest BCUT2D eigenvalue weighted by Gasteiger charge is -2.40. The number of thiazole rings is 1. The van der Waals surface area contributed by atoms with Crippen molar-refractivity contribution in [3.63, 3.8) is 0 Å². The van der Waals surface area contributed by atoms with E-state index in [1.54, 1.807) is 58.2 Å². The molecule has 1 aromatic heterocycles. The second kappa shape index (κ2) is 78.3. The van der Waals surface area contributed by atoms with Crippen LogP contribution in [-0.2, 0) is 92.0 Å². The van der Waals surface area contributed by atoms with Gasteiger partial charge in [-0.1, -0.05) is 123 Å². The lowest BCUT2D eigenvalue weighted by Crippen LogP contribution is -2.58. The molecule has 1 fully saturated rings. The van der Waals surface area contributed by atoms with E-state index in [2.05, 4.69) is 61.3 Å². The molecule has 0 spiro atoms. The number of aliphatic hydroxyl groups is 5. The number of benzene rings is 1. The topological polar surface area (TPSA) is 565 Å². The lowest BCUT2D eigenvalue weighted by molar-refractivity contribution is -0.181. The van der Waals surface area contributed by atoms with Gasteiger partial charge in [-0.25, -0.2) is 24.2 Å². The third-order valence-corrected chi connectivity index (χ3v) is 23.5. The Morgan fingerprint density at radius 2 is 1.04 bits per heavy atom. The van der Waals surface area contributed by atoms with Gasteiger partial charge in [-0.05, 0) is 126 Å². The number of hydrogen-bond acceptors (Lipinski definition) is 34. The Hall–Kier alpha value is -7.68. The maximum Gasteiger partial charge on any atom is 0.412 e. The number of amides is 9. The van der Waals surface area contributed by atoms with Gasteiger partial charge in [0.1, 0.15) is 48.4 Å². The van der Waals surface area contributed by atoms with Crippen molar-refractivity contribution < 1.29 is 150 Å². The van der Waals surface area contributed by atoms with E-state index >= 15 is 0 Å². The third kappa shape index (κ3) is 57.5. The first-order valence-corrected chi connectivity index (χ1v) is 49.6. The van der Waals surface area contributed by atoms with Gasteiger partial charge in [0.15, 0.2) is 25.2 Å². The number of aliphatic carboxylic acids is 2. The van der Waals surface area contributed by atoms with Crippen LogP contribution >= 0.6 is 32.9 Å². The summed E-state index contributed by atoms with van der Waals surface area (Å²) in [5.74, 6) is -2.86. The molecule has 1 saturated heterocycles. The Balaban J connectivity index is 0.00000261. The van der Waals surface area contributed by atoms with Crippen molar-refractivity contribution in [2.24, 2.45) is 17.8 Å². The first-order valence-electron chi connectivity index (χ1n) is 46.0. The van der Waals surface area contributed by atoms with Crippen molar-refractivity contribution in [2.75, 3.05) is 159 Å². The number of nitrogens with zero attached hydrogens (tertiary/aromatic N) is 3. The maximum absolute atomic E-state index is 14.8. The number of carbonyl (C=O) groups is 11. The monoisotopic (exact) mass is 1970 g/mol. The van der Waals surface area contributed by atoms with Crippen molar-refractivity contribution in [3.05, 3.63) is 45.9 Å². The average Bonchev–Trinajstić information content (AvgIpc) is 1.26. The molecule has 134 heavy (non-hydrogen) atoms. The molecule has 2 heterocycles. The minimum Gasteiger partial charge on any atom is -0.481 e. The Morgan fingerprint density at radius 3 is 1.47 bits per heavy atom. The molecular formula is C89H159N11O31S3. The number of likely N-dealkylation sites (tertiary alicyclic amines) is 1. The number of ether oxygens (including phenoxy) is 13. The maximum atomic E-state index is 14.8. The molecule has 15 atom stereocenters. The van der Waals surface area contributed by atoms with Gasteiger partial charge in [0.2, 0.25) is 23.6 Å². The highest BCUT2D eigenvalue weighted by Gasteiger charge is 2.39. The fourth-order valence-corrected chi connectivity index (χ4v) is 14.4. The SMILES string of the molecule is CCC(CO)OC(CO)OC.CCC(CO)OC(COC(=O)NCCC(=O)NCCSSC)OC.CCC(CO)OC(COC(=O)NCCC(=O)O)OC.CCCO[C@H](C[C@H](C(C)C)N(CCC)C(=O)[C@@H](NC(=O)[C@H]1CCCCN1C)[C@@H](C)CC)c1nc(C(=O)NC(Cc2ccc(OC(=O)NCCCCNC(=O)CCNC(=O)OCC(OC)OC(CC)CO)cc2)C[C@H](C)C(=O)O)cs1. The smallest absolute Gasteiger partial charge is 0.412 e. The zero-order chi connectivity index (χ0) is 101. The Morgan fingerprint density at radius 1 is 0.567 bits per heavy atom. The summed E-state index contributed by atoms with van der Waals surface area (Å²) in [4.78, 5) is 145. The zero-order valence-corrected chi connectivity index (χ0v) is 84.0. The highest BCUT2D eigenvalue weighted by atomic mass is 33.1. The summed E-state index contributed by atoms with van der Waals surface area (Å²) in [6, 6.07) is 4.85. The number of aliphatic hydroxyl groups excluding tert-OH is 5. The van der Waals surface area contributed by atoms with Crippen LogP contribution in [-0.4, -0.2) is 349 Å². The van der Waals surface area contributed by atoms with Gasteiger partial charge in [0.05, 0.1) is 75.8 Å². The van der Waals surface area contributed by atoms with Crippen molar-refractivity contribution in [2.45, 2.75) is 272 Å². The van der Waals surface area contributed by atoms with E-state index in [4.69, 9.17) is 92.1 Å². The molecule has 1 aromatic carbocycles. The average molecular weight is 1980 g/mol. The number of likely N-dealkylation sites (N-methyl/N-ethyl adjacent to an activating group) is 1. The van der Waals surface area contributed by atoms with Crippen LogP contribution in [0.2, 0.25) is 0 Å². The molecule has 45 heteroatoms. The molecule has 0 aliphatic carbocycles. The molecule has 0 radical (unpaired) electrons. The summed E-state index contributed by atoms with van der Waals surface area (Å²) < 4.78 is 67.9. The van der Waals surface area contributed by atoms with Crippen molar-refractivity contribution in [1.82, 2.24) is 57.3 Å². The molecule has 0 bridgehead atoms. The molecule has 1 aliphatic heterocycles. The first-order chi connectivity index (χ1) is 64.1.